The van der Waals surface area contributed by atoms with E-state index in [1.807, 2.05) is 16.7 Å². The third kappa shape index (κ3) is 6.23. The summed E-state index contributed by atoms with van der Waals surface area (Å²) in [6.07, 6.45) is 3.09. The molecule has 1 saturated heterocycles. The lowest BCUT2D eigenvalue weighted by molar-refractivity contribution is -0.143. The highest BCUT2D eigenvalue weighted by atomic mass is 19.1. The van der Waals surface area contributed by atoms with Gasteiger partial charge in [-0.05, 0) is 30.4 Å². The third-order valence-corrected chi connectivity index (χ3v) is 5.74. The average Bonchev–Trinajstić information content (AvgIpc) is 2.72. The highest BCUT2D eigenvalue weighted by Gasteiger charge is 2.34. The van der Waals surface area contributed by atoms with E-state index < -0.39 is 11.6 Å². The minimum atomic E-state index is -0.612. The van der Waals surface area contributed by atoms with Gasteiger partial charge in [0.15, 0.2) is 0 Å². The van der Waals surface area contributed by atoms with E-state index in [0.29, 0.717) is 44.6 Å². The molecule has 0 aliphatic carbocycles. The van der Waals surface area contributed by atoms with Crippen LogP contribution >= 0.6 is 0 Å². The number of nitrogens with zero attached hydrogens (tertiary/aromatic N) is 2. The van der Waals surface area contributed by atoms with Gasteiger partial charge in [-0.2, -0.15) is 0 Å². The lowest BCUT2D eigenvalue weighted by Crippen LogP contribution is -2.52. The number of rotatable bonds is 9. The van der Waals surface area contributed by atoms with Gasteiger partial charge in [-0.3, -0.25) is 14.5 Å². The predicted molar refractivity (Wildman–Crippen MR) is 107 cm³/mol. The maximum absolute atomic E-state index is 14.5. The zero-order valence-electron chi connectivity index (χ0n) is 17.6. The van der Waals surface area contributed by atoms with Crippen molar-refractivity contribution in [2.24, 2.45) is 5.92 Å². The molecule has 0 spiro atoms. The van der Waals surface area contributed by atoms with Gasteiger partial charge in [0.2, 0.25) is 5.91 Å². The molecule has 162 valence electrons. The zero-order chi connectivity index (χ0) is 21.4. The molecule has 1 aliphatic heterocycles. The molecule has 1 unspecified atom stereocenters. The standard InChI is InChI=1S/C22H32F2N2O3/c1-4-6-7-19(17(5-2)18-9-8-16(23)14-20(18)24)22(28)26-12-10-25(11-13-26)15-21(27)29-3/h8-9,14,17,19H,4-7,10-13,15H2,1-3H3/t17-,19?/m0/s1. The van der Waals surface area contributed by atoms with Crippen molar-refractivity contribution in [3.8, 4) is 0 Å². The number of amides is 1. The molecule has 5 nitrogen and oxygen atoms in total. The number of esters is 1. The first-order valence-corrected chi connectivity index (χ1v) is 10.4. The van der Waals surface area contributed by atoms with Crippen LogP contribution in [-0.2, 0) is 14.3 Å². The normalized spacial score (nSPS) is 17.1. The molecule has 0 saturated carbocycles. The SMILES string of the molecule is CCCCC(C(=O)N1CCN(CC(=O)OC)CC1)[C@@H](CC)c1ccc(F)cc1F. The fourth-order valence-electron chi connectivity index (χ4n) is 4.05. The van der Waals surface area contributed by atoms with Crippen molar-refractivity contribution in [2.75, 3.05) is 39.8 Å². The summed E-state index contributed by atoms with van der Waals surface area (Å²) in [6.45, 7) is 6.48. The summed E-state index contributed by atoms with van der Waals surface area (Å²) in [6, 6.07) is 3.62. The molecule has 0 radical (unpaired) electrons. The van der Waals surface area contributed by atoms with Crippen molar-refractivity contribution >= 4 is 11.9 Å². The number of carbonyl (C=O) groups is 2. The summed E-state index contributed by atoms with van der Waals surface area (Å²) in [5.74, 6) is -2.10. The van der Waals surface area contributed by atoms with E-state index in [-0.39, 0.29) is 30.3 Å². The summed E-state index contributed by atoms with van der Waals surface area (Å²) < 4.78 is 32.5. The number of benzene rings is 1. The van der Waals surface area contributed by atoms with Crippen molar-refractivity contribution in [3.63, 3.8) is 0 Å². The second-order valence-corrected chi connectivity index (χ2v) is 7.61. The monoisotopic (exact) mass is 410 g/mol. The van der Waals surface area contributed by atoms with E-state index in [1.54, 1.807) is 0 Å². The van der Waals surface area contributed by atoms with Gasteiger partial charge in [-0.15, -0.1) is 0 Å². The number of methoxy groups -OCH3 is 1. The Kier molecular flexibility index (Phi) is 9.01. The van der Waals surface area contributed by atoms with Gasteiger partial charge < -0.3 is 9.64 Å². The predicted octanol–water partition coefficient (Wildman–Crippen LogP) is 3.58. The smallest absolute Gasteiger partial charge is 0.319 e. The number of piperazine rings is 1. The molecular formula is C22H32F2N2O3. The van der Waals surface area contributed by atoms with Crippen molar-refractivity contribution in [1.82, 2.24) is 9.80 Å². The van der Waals surface area contributed by atoms with Crippen LogP contribution in [0, 0.1) is 17.6 Å². The fourth-order valence-corrected chi connectivity index (χ4v) is 4.05. The molecule has 29 heavy (non-hydrogen) atoms. The average molecular weight is 411 g/mol. The zero-order valence-corrected chi connectivity index (χ0v) is 17.6. The number of unbranched alkanes of at least 4 members (excludes halogenated alkanes) is 1. The van der Waals surface area contributed by atoms with Crippen LogP contribution in [0.25, 0.3) is 0 Å². The Labute approximate surface area is 172 Å². The highest BCUT2D eigenvalue weighted by Crippen LogP contribution is 2.35. The van der Waals surface area contributed by atoms with Crippen LogP contribution in [0.1, 0.15) is 51.0 Å². The van der Waals surface area contributed by atoms with E-state index in [0.717, 1.165) is 18.9 Å². The van der Waals surface area contributed by atoms with Gasteiger partial charge in [0.1, 0.15) is 11.6 Å². The molecule has 1 amide bonds. The van der Waals surface area contributed by atoms with Crippen molar-refractivity contribution < 1.29 is 23.1 Å². The highest BCUT2D eigenvalue weighted by molar-refractivity contribution is 5.80. The van der Waals surface area contributed by atoms with Gasteiger partial charge in [0.05, 0.1) is 13.7 Å². The number of halogens is 2. The van der Waals surface area contributed by atoms with E-state index in [2.05, 4.69) is 6.92 Å². The largest absolute Gasteiger partial charge is 0.468 e. The molecule has 0 aromatic heterocycles. The molecule has 1 fully saturated rings. The molecule has 0 bridgehead atoms. The molecule has 1 aromatic carbocycles. The lowest BCUT2D eigenvalue weighted by atomic mass is 9.80. The Morgan fingerprint density at radius 1 is 1.14 bits per heavy atom. The minimum Gasteiger partial charge on any atom is -0.468 e. The van der Waals surface area contributed by atoms with E-state index in [9.17, 15) is 18.4 Å². The first-order chi connectivity index (χ1) is 13.9. The summed E-state index contributed by atoms with van der Waals surface area (Å²) in [5, 5.41) is 0. The molecule has 1 aliphatic rings. The van der Waals surface area contributed by atoms with Crippen molar-refractivity contribution in [2.45, 2.75) is 45.4 Å². The fraction of sp³-hybridized carbons (Fsp3) is 0.636. The topological polar surface area (TPSA) is 49.9 Å². The van der Waals surface area contributed by atoms with E-state index >= 15 is 0 Å². The van der Waals surface area contributed by atoms with Gasteiger partial charge in [0.25, 0.3) is 0 Å². The molecule has 0 N–H and O–H groups in total. The summed E-state index contributed by atoms with van der Waals surface area (Å²) in [4.78, 5) is 28.6. The summed E-state index contributed by atoms with van der Waals surface area (Å²) in [5.41, 5.74) is 0.410. The molecular weight excluding hydrogens is 378 g/mol. The first-order valence-electron chi connectivity index (χ1n) is 10.4. The van der Waals surface area contributed by atoms with Crippen LogP contribution in [0.3, 0.4) is 0 Å². The molecule has 2 rings (SSSR count). The van der Waals surface area contributed by atoms with E-state index in [4.69, 9.17) is 4.74 Å². The second-order valence-electron chi connectivity index (χ2n) is 7.61. The van der Waals surface area contributed by atoms with Gasteiger partial charge in [-0.25, -0.2) is 8.78 Å². The van der Waals surface area contributed by atoms with Gasteiger partial charge in [0, 0.05) is 38.2 Å². The molecule has 7 heteroatoms. The maximum atomic E-state index is 14.5. The Morgan fingerprint density at radius 3 is 2.38 bits per heavy atom. The Balaban J connectivity index is 2.14. The van der Waals surface area contributed by atoms with Crippen molar-refractivity contribution in [1.29, 1.82) is 0 Å². The molecule has 1 aromatic rings. The third-order valence-electron chi connectivity index (χ3n) is 5.74. The summed E-state index contributed by atoms with van der Waals surface area (Å²) >= 11 is 0. The van der Waals surface area contributed by atoms with Crippen LogP contribution in [-0.4, -0.2) is 61.5 Å². The lowest BCUT2D eigenvalue weighted by Gasteiger charge is -2.37. The molecule has 2 atom stereocenters. The second kappa shape index (κ2) is 11.2. The Morgan fingerprint density at radius 2 is 1.83 bits per heavy atom. The van der Waals surface area contributed by atoms with Crippen molar-refractivity contribution in [3.05, 3.63) is 35.4 Å². The maximum Gasteiger partial charge on any atom is 0.319 e. The van der Waals surface area contributed by atoms with Crippen LogP contribution in [0.15, 0.2) is 18.2 Å². The van der Waals surface area contributed by atoms with Crippen LogP contribution in [0.2, 0.25) is 0 Å². The minimum absolute atomic E-state index is 0.0201. The Bertz CT molecular complexity index is 691. The first kappa shape index (κ1) is 23.3. The van der Waals surface area contributed by atoms with Crippen LogP contribution in [0.4, 0.5) is 8.78 Å². The van der Waals surface area contributed by atoms with Crippen LogP contribution in [0.5, 0.6) is 0 Å². The Hall–Kier alpha value is -2.02. The number of ether oxygens (including phenoxy) is 1. The van der Waals surface area contributed by atoms with Gasteiger partial charge >= 0.3 is 5.97 Å². The summed E-state index contributed by atoms with van der Waals surface area (Å²) in [7, 11) is 1.36. The number of hydrogen-bond donors (Lipinski definition) is 0. The number of carbonyl (C=O) groups excluding carboxylic acids is 2. The van der Waals surface area contributed by atoms with Crippen LogP contribution < -0.4 is 0 Å². The van der Waals surface area contributed by atoms with Gasteiger partial charge in [-0.1, -0.05) is 32.8 Å². The molecule has 1 heterocycles. The quantitative estimate of drug-likeness (QED) is 0.584. The number of hydrogen-bond acceptors (Lipinski definition) is 4. The van der Waals surface area contributed by atoms with E-state index in [1.165, 1.54) is 19.2 Å².